The van der Waals surface area contributed by atoms with Crippen molar-refractivity contribution < 1.29 is 9.31 Å². The second-order valence-electron chi connectivity index (χ2n) is 8.48. The zero-order valence-electron chi connectivity index (χ0n) is 17.0. The van der Waals surface area contributed by atoms with Crippen LogP contribution in [0.25, 0.3) is 0 Å². The van der Waals surface area contributed by atoms with Crippen LogP contribution in [-0.2, 0) is 4.74 Å². The van der Waals surface area contributed by atoms with Gasteiger partial charge in [0.15, 0.2) is 18.7 Å². The van der Waals surface area contributed by atoms with Gasteiger partial charge in [0.2, 0.25) is 0 Å². The van der Waals surface area contributed by atoms with Crippen LogP contribution >= 0.6 is 23.2 Å². The van der Waals surface area contributed by atoms with E-state index in [1.807, 2.05) is 24.3 Å². The Hall–Kier alpha value is -1.77. The second kappa shape index (κ2) is 8.53. The quantitative estimate of drug-likeness (QED) is 0.373. The topological polar surface area (TPSA) is 12.2 Å². The molecular formula is C25H28Cl2NO+. The fourth-order valence-electron chi connectivity index (χ4n) is 4.91. The number of benzene rings is 2. The standard InChI is InChI=1S/C25H28Cl2NO/c1-4-6-19-14-22(18-7-5-8-21(27)13-18)24(17-9-11-20(26)12-10-17)28-23(16(2)3)15-29-25(19)28/h4-5,7-13,16,19,22-24H,1,6,14-15H2,2-3H3/q+1/t19?,22-,23-,24?/m1/s1. The molecule has 2 nitrogen and oxygen atoms in total. The molecule has 152 valence electrons. The van der Waals surface area contributed by atoms with Gasteiger partial charge >= 0.3 is 5.90 Å². The lowest BCUT2D eigenvalue weighted by molar-refractivity contribution is -0.614. The number of hydrogen-bond donors (Lipinski definition) is 0. The summed E-state index contributed by atoms with van der Waals surface area (Å²) in [6.07, 6.45) is 3.94. The minimum atomic E-state index is 0.191. The van der Waals surface area contributed by atoms with E-state index in [0.717, 1.165) is 35.4 Å². The molecule has 0 radical (unpaired) electrons. The zero-order valence-corrected chi connectivity index (χ0v) is 18.5. The molecule has 4 atom stereocenters. The molecule has 0 aromatic heterocycles. The first-order valence-corrected chi connectivity index (χ1v) is 11.1. The lowest BCUT2D eigenvalue weighted by Crippen LogP contribution is -2.42. The average molecular weight is 429 g/mol. The van der Waals surface area contributed by atoms with Crippen molar-refractivity contribution in [2.45, 2.75) is 44.7 Å². The monoisotopic (exact) mass is 428 g/mol. The molecule has 4 rings (SSSR count). The van der Waals surface area contributed by atoms with Crippen LogP contribution in [-0.4, -0.2) is 23.1 Å². The summed E-state index contributed by atoms with van der Waals surface area (Å²) in [6, 6.07) is 17.2. The maximum Gasteiger partial charge on any atom is 0.340 e. The van der Waals surface area contributed by atoms with Crippen LogP contribution in [0, 0.1) is 11.8 Å². The van der Waals surface area contributed by atoms with E-state index in [9.17, 15) is 0 Å². The molecule has 2 aliphatic rings. The Labute approximate surface area is 183 Å². The zero-order chi connectivity index (χ0) is 20.5. The highest BCUT2D eigenvalue weighted by Crippen LogP contribution is 2.47. The third-order valence-corrected chi connectivity index (χ3v) is 6.78. The van der Waals surface area contributed by atoms with E-state index in [2.05, 4.69) is 55.3 Å². The highest BCUT2D eigenvalue weighted by Gasteiger charge is 2.52. The van der Waals surface area contributed by atoms with E-state index in [4.69, 9.17) is 27.9 Å². The van der Waals surface area contributed by atoms with E-state index < -0.39 is 0 Å². The summed E-state index contributed by atoms with van der Waals surface area (Å²) in [4.78, 5) is 0. The Morgan fingerprint density at radius 3 is 2.52 bits per heavy atom. The first-order chi connectivity index (χ1) is 14.0. The van der Waals surface area contributed by atoms with Crippen LogP contribution in [0.3, 0.4) is 0 Å². The highest BCUT2D eigenvalue weighted by atomic mass is 35.5. The van der Waals surface area contributed by atoms with Crippen molar-refractivity contribution in [1.29, 1.82) is 0 Å². The minimum Gasteiger partial charge on any atom is -0.441 e. The maximum atomic E-state index is 6.39. The minimum absolute atomic E-state index is 0.191. The van der Waals surface area contributed by atoms with Crippen molar-refractivity contribution in [3.8, 4) is 0 Å². The van der Waals surface area contributed by atoms with Gasteiger partial charge in [-0.1, -0.05) is 67.4 Å². The highest BCUT2D eigenvalue weighted by molar-refractivity contribution is 6.30. The molecule has 0 amide bonds. The van der Waals surface area contributed by atoms with Crippen LogP contribution < -0.4 is 0 Å². The summed E-state index contributed by atoms with van der Waals surface area (Å²) >= 11 is 12.6. The van der Waals surface area contributed by atoms with Crippen molar-refractivity contribution in [2.24, 2.45) is 11.8 Å². The van der Waals surface area contributed by atoms with Crippen LogP contribution in [0.15, 0.2) is 61.2 Å². The van der Waals surface area contributed by atoms with Gasteiger partial charge in [0, 0.05) is 21.5 Å². The smallest absolute Gasteiger partial charge is 0.340 e. The van der Waals surface area contributed by atoms with Crippen LogP contribution in [0.1, 0.15) is 49.8 Å². The summed E-state index contributed by atoms with van der Waals surface area (Å²) in [7, 11) is 0. The molecule has 2 aromatic carbocycles. The fourth-order valence-corrected chi connectivity index (χ4v) is 5.24. The Kier molecular flexibility index (Phi) is 6.03. The first kappa shape index (κ1) is 20.5. The predicted molar refractivity (Wildman–Crippen MR) is 121 cm³/mol. The van der Waals surface area contributed by atoms with E-state index in [0.29, 0.717) is 23.8 Å². The van der Waals surface area contributed by atoms with E-state index >= 15 is 0 Å². The van der Waals surface area contributed by atoms with Gasteiger partial charge in [0.05, 0.1) is 11.8 Å². The van der Waals surface area contributed by atoms with Crippen molar-refractivity contribution in [1.82, 2.24) is 0 Å². The van der Waals surface area contributed by atoms with Crippen molar-refractivity contribution in [2.75, 3.05) is 6.61 Å². The molecule has 0 aliphatic carbocycles. The van der Waals surface area contributed by atoms with Gasteiger partial charge < -0.3 is 4.74 Å². The average Bonchev–Trinajstić information content (AvgIpc) is 3.14. The Morgan fingerprint density at radius 1 is 1.10 bits per heavy atom. The summed E-state index contributed by atoms with van der Waals surface area (Å²) in [5.74, 6) is 2.27. The van der Waals surface area contributed by atoms with Gasteiger partial charge in [-0.15, -0.1) is 6.58 Å². The molecule has 0 fully saturated rings. The number of halogens is 2. The maximum absolute atomic E-state index is 6.39. The molecule has 0 N–H and O–H groups in total. The largest absolute Gasteiger partial charge is 0.441 e. The third kappa shape index (κ3) is 3.98. The summed E-state index contributed by atoms with van der Waals surface area (Å²) in [6.45, 7) is 9.30. The molecular weight excluding hydrogens is 401 g/mol. The molecule has 0 saturated heterocycles. The number of nitrogens with zero attached hydrogens (tertiary/aromatic N) is 1. The van der Waals surface area contributed by atoms with Crippen LogP contribution in [0.4, 0.5) is 0 Å². The molecule has 4 heteroatoms. The molecule has 0 spiro atoms. The lowest BCUT2D eigenvalue weighted by Gasteiger charge is -2.34. The van der Waals surface area contributed by atoms with Gasteiger partial charge in [-0.05, 0) is 42.7 Å². The Bertz CT molecular complexity index is 919. The lowest BCUT2D eigenvalue weighted by atomic mass is 9.76. The number of rotatable bonds is 5. The molecule has 2 aliphatic heterocycles. The molecule has 0 bridgehead atoms. The first-order valence-electron chi connectivity index (χ1n) is 10.4. The summed E-state index contributed by atoms with van der Waals surface area (Å²) in [5, 5.41) is 1.54. The van der Waals surface area contributed by atoms with E-state index in [1.165, 1.54) is 11.1 Å². The third-order valence-electron chi connectivity index (χ3n) is 6.29. The van der Waals surface area contributed by atoms with Gasteiger partial charge in [-0.25, -0.2) is 0 Å². The molecule has 29 heavy (non-hydrogen) atoms. The molecule has 2 heterocycles. The number of hydrogen-bond acceptors (Lipinski definition) is 1. The van der Waals surface area contributed by atoms with Crippen LogP contribution in [0.2, 0.25) is 10.0 Å². The number of allylic oxidation sites excluding steroid dienone is 1. The fraction of sp³-hybridized carbons (Fsp3) is 0.400. The molecule has 2 unspecified atom stereocenters. The van der Waals surface area contributed by atoms with Gasteiger partial charge in [0.25, 0.3) is 0 Å². The van der Waals surface area contributed by atoms with Crippen molar-refractivity contribution >= 4 is 29.1 Å². The van der Waals surface area contributed by atoms with Gasteiger partial charge in [-0.2, -0.15) is 4.58 Å². The van der Waals surface area contributed by atoms with Gasteiger partial charge in [-0.3, -0.25) is 0 Å². The van der Waals surface area contributed by atoms with E-state index in [-0.39, 0.29) is 6.04 Å². The number of ether oxygens (including phenoxy) is 1. The second-order valence-corrected chi connectivity index (χ2v) is 9.36. The van der Waals surface area contributed by atoms with Crippen LogP contribution in [0.5, 0.6) is 0 Å². The normalized spacial score (nSPS) is 26.4. The predicted octanol–water partition coefficient (Wildman–Crippen LogP) is 6.88. The summed E-state index contributed by atoms with van der Waals surface area (Å²) < 4.78 is 8.87. The SMILES string of the molecule is C=CCC1C[C@H](c2cccc(Cl)c2)C(c2ccc(Cl)cc2)[N+]2=C1OC[C@@H]2C(C)C. The Morgan fingerprint density at radius 2 is 1.86 bits per heavy atom. The van der Waals surface area contributed by atoms with Crippen molar-refractivity contribution in [3.05, 3.63) is 82.4 Å². The molecule has 2 aromatic rings. The van der Waals surface area contributed by atoms with Crippen molar-refractivity contribution in [3.63, 3.8) is 0 Å². The Balaban J connectivity index is 1.89. The molecule has 0 saturated carbocycles. The van der Waals surface area contributed by atoms with Gasteiger partial charge in [0.1, 0.15) is 0 Å². The summed E-state index contributed by atoms with van der Waals surface area (Å²) in [5.41, 5.74) is 2.55. The van der Waals surface area contributed by atoms with E-state index in [1.54, 1.807) is 0 Å².